The van der Waals surface area contributed by atoms with Gasteiger partial charge in [-0.2, -0.15) is 0 Å². The topological polar surface area (TPSA) is 140 Å². The Labute approximate surface area is 137 Å². The number of hydrogen-bond acceptors (Lipinski definition) is 6. The highest BCUT2D eigenvalue weighted by Gasteiger charge is 2.24. The first-order valence-electron chi connectivity index (χ1n) is 7.15. The molecule has 0 aliphatic carbocycles. The molecule has 0 fully saturated rings. The largest absolute Gasteiger partial charge is 0.480 e. The first-order valence-corrected chi connectivity index (χ1v) is 7.15. The average molecular weight is 331 g/mol. The molecular weight excluding hydrogens is 314 g/mol. The number of carbonyl (C=O) groups is 3. The van der Waals surface area contributed by atoms with Gasteiger partial charge < -0.3 is 16.2 Å². The van der Waals surface area contributed by atoms with Gasteiger partial charge in [-0.25, -0.2) is 9.78 Å². The van der Waals surface area contributed by atoms with Crippen LogP contribution in [-0.2, 0) is 11.2 Å². The van der Waals surface area contributed by atoms with Gasteiger partial charge in [0.1, 0.15) is 12.4 Å². The number of imidazole rings is 1. The van der Waals surface area contributed by atoms with E-state index in [0.717, 1.165) is 0 Å². The van der Waals surface area contributed by atoms with Crippen LogP contribution in [0.5, 0.6) is 0 Å². The maximum Gasteiger partial charge on any atom is 0.326 e. The van der Waals surface area contributed by atoms with E-state index in [4.69, 9.17) is 5.73 Å². The van der Waals surface area contributed by atoms with Crippen molar-refractivity contribution in [2.75, 3.05) is 0 Å². The van der Waals surface area contributed by atoms with Gasteiger partial charge in [0.05, 0.1) is 11.6 Å². The predicted octanol–water partition coefficient (Wildman–Crippen LogP) is -0.309. The second kappa shape index (κ2) is 7.47. The number of carboxylic acid groups (broad SMARTS) is 1. The molecule has 0 radical (unpaired) electrons. The van der Waals surface area contributed by atoms with Crippen LogP contribution in [0.4, 0.5) is 0 Å². The number of nitrogens with zero attached hydrogens (tertiary/aromatic N) is 3. The monoisotopic (exact) mass is 331 g/mol. The van der Waals surface area contributed by atoms with Gasteiger partial charge >= 0.3 is 5.97 Å². The second-order valence-corrected chi connectivity index (χ2v) is 5.19. The number of amides is 1. The summed E-state index contributed by atoms with van der Waals surface area (Å²) in [5.74, 6) is -2.21. The molecule has 9 heteroatoms. The summed E-state index contributed by atoms with van der Waals surface area (Å²) in [6, 6.07) is 1.10. The third kappa shape index (κ3) is 4.02. The molecule has 0 aliphatic rings. The van der Waals surface area contributed by atoms with Gasteiger partial charge in [0.2, 0.25) is 5.91 Å². The number of nitrogens with one attached hydrogen (secondary N) is 1. The summed E-state index contributed by atoms with van der Waals surface area (Å²) < 4.78 is 1.19. The van der Waals surface area contributed by atoms with Crippen LogP contribution >= 0.6 is 0 Å². The first kappa shape index (κ1) is 17.3. The Hall–Kier alpha value is -3.07. The molecule has 9 nitrogen and oxygen atoms in total. The van der Waals surface area contributed by atoms with Gasteiger partial charge in [-0.05, 0) is 19.1 Å². The Kier molecular flexibility index (Phi) is 5.38. The van der Waals surface area contributed by atoms with Crippen molar-refractivity contribution in [3.05, 3.63) is 48.3 Å². The molecular formula is C15H17N5O4. The molecule has 2 heterocycles. The quantitative estimate of drug-likeness (QED) is 0.659. The highest BCUT2D eigenvalue weighted by atomic mass is 16.4. The first-order chi connectivity index (χ1) is 11.4. The average Bonchev–Trinajstić information content (AvgIpc) is 3.02. The van der Waals surface area contributed by atoms with E-state index in [1.54, 1.807) is 6.07 Å². The van der Waals surface area contributed by atoms with E-state index >= 15 is 0 Å². The van der Waals surface area contributed by atoms with E-state index in [1.807, 2.05) is 0 Å². The zero-order valence-electron chi connectivity index (χ0n) is 12.9. The molecule has 2 rings (SSSR count). The molecule has 4 N–H and O–H groups in total. The SMILES string of the molecule is C[C@H](N)C(=O)n1cncc1C[C@H](NC(=O)c1cccnc1)C(=O)O. The van der Waals surface area contributed by atoms with Gasteiger partial charge in [-0.3, -0.25) is 19.1 Å². The normalized spacial score (nSPS) is 13.1. The van der Waals surface area contributed by atoms with Crippen LogP contribution in [0.2, 0.25) is 0 Å². The number of carboxylic acids is 1. The lowest BCUT2D eigenvalue weighted by atomic mass is 10.1. The van der Waals surface area contributed by atoms with Crippen LogP contribution < -0.4 is 11.1 Å². The van der Waals surface area contributed by atoms with Crippen molar-refractivity contribution in [3.8, 4) is 0 Å². The standard InChI is InChI=1S/C15H17N5O4/c1-9(16)14(22)20-8-18-7-11(20)5-12(15(23)24)19-13(21)10-3-2-4-17-6-10/h2-4,6-9,12H,5,16H2,1H3,(H,19,21)(H,23,24)/t9-,12-/m0/s1. The van der Waals surface area contributed by atoms with E-state index in [2.05, 4.69) is 15.3 Å². The van der Waals surface area contributed by atoms with Crippen molar-refractivity contribution in [1.29, 1.82) is 0 Å². The molecule has 0 saturated heterocycles. The van der Waals surface area contributed by atoms with E-state index in [0.29, 0.717) is 5.69 Å². The van der Waals surface area contributed by atoms with Crippen molar-refractivity contribution in [1.82, 2.24) is 19.9 Å². The third-order valence-corrected chi connectivity index (χ3v) is 3.28. The maximum absolute atomic E-state index is 12.1. The summed E-state index contributed by atoms with van der Waals surface area (Å²) in [7, 11) is 0. The zero-order valence-corrected chi connectivity index (χ0v) is 12.9. The number of nitrogens with two attached hydrogens (primary N) is 1. The van der Waals surface area contributed by atoms with Gasteiger partial charge in [-0.1, -0.05) is 0 Å². The van der Waals surface area contributed by atoms with Crippen LogP contribution in [0.3, 0.4) is 0 Å². The van der Waals surface area contributed by atoms with E-state index < -0.39 is 29.9 Å². The minimum absolute atomic E-state index is 0.111. The molecule has 0 saturated carbocycles. The molecule has 1 amide bonds. The highest BCUT2D eigenvalue weighted by Crippen LogP contribution is 2.07. The summed E-state index contributed by atoms with van der Waals surface area (Å²) >= 11 is 0. The summed E-state index contributed by atoms with van der Waals surface area (Å²) in [6.45, 7) is 1.52. The summed E-state index contributed by atoms with van der Waals surface area (Å²) in [5.41, 5.74) is 6.14. The number of hydrogen-bond donors (Lipinski definition) is 3. The van der Waals surface area contributed by atoms with Crippen LogP contribution in [0.25, 0.3) is 0 Å². The lowest BCUT2D eigenvalue weighted by Crippen LogP contribution is -2.43. The van der Waals surface area contributed by atoms with Gasteiger partial charge in [0.15, 0.2) is 0 Å². The van der Waals surface area contributed by atoms with Crippen molar-refractivity contribution in [2.45, 2.75) is 25.4 Å². The second-order valence-electron chi connectivity index (χ2n) is 5.19. The van der Waals surface area contributed by atoms with Gasteiger partial charge in [0.25, 0.3) is 5.91 Å². The maximum atomic E-state index is 12.1. The van der Waals surface area contributed by atoms with E-state index in [9.17, 15) is 19.5 Å². The Bertz CT molecular complexity index is 741. The zero-order chi connectivity index (χ0) is 17.7. The molecule has 24 heavy (non-hydrogen) atoms. The van der Waals surface area contributed by atoms with Crippen molar-refractivity contribution >= 4 is 17.8 Å². The molecule has 0 spiro atoms. The molecule has 0 bridgehead atoms. The minimum Gasteiger partial charge on any atom is -0.480 e. The van der Waals surface area contributed by atoms with Gasteiger partial charge in [-0.15, -0.1) is 0 Å². The van der Waals surface area contributed by atoms with Crippen molar-refractivity contribution < 1.29 is 19.5 Å². The number of rotatable bonds is 6. The summed E-state index contributed by atoms with van der Waals surface area (Å²) in [4.78, 5) is 43.2. The fourth-order valence-corrected chi connectivity index (χ4v) is 2.04. The number of aliphatic carboxylic acids is 1. The molecule has 0 aliphatic heterocycles. The third-order valence-electron chi connectivity index (χ3n) is 3.28. The highest BCUT2D eigenvalue weighted by molar-refractivity contribution is 5.96. The summed E-state index contributed by atoms with van der Waals surface area (Å²) in [5, 5.41) is 11.7. The molecule has 2 aromatic rings. The molecule has 2 atom stereocenters. The molecule has 2 aromatic heterocycles. The molecule has 0 unspecified atom stereocenters. The Balaban J connectivity index is 2.16. The van der Waals surface area contributed by atoms with Crippen LogP contribution in [0.1, 0.15) is 27.8 Å². The minimum atomic E-state index is -1.23. The van der Waals surface area contributed by atoms with Crippen molar-refractivity contribution in [2.24, 2.45) is 5.73 Å². The van der Waals surface area contributed by atoms with Crippen molar-refractivity contribution in [3.63, 3.8) is 0 Å². The predicted molar refractivity (Wildman–Crippen MR) is 83.3 cm³/mol. The molecule has 126 valence electrons. The number of aromatic nitrogens is 3. The van der Waals surface area contributed by atoms with E-state index in [1.165, 1.54) is 42.5 Å². The fraction of sp³-hybridized carbons (Fsp3) is 0.267. The Morgan fingerprint density at radius 1 is 1.33 bits per heavy atom. The van der Waals surface area contributed by atoms with E-state index in [-0.39, 0.29) is 12.0 Å². The lowest BCUT2D eigenvalue weighted by molar-refractivity contribution is -0.139. The smallest absolute Gasteiger partial charge is 0.326 e. The Morgan fingerprint density at radius 3 is 2.67 bits per heavy atom. The van der Waals surface area contributed by atoms with Crippen LogP contribution in [0, 0.1) is 0 Å². The Morgan fingerprint density at radius 2 is 2.08 bits per heavy atom. The number of carbonyl (C=O) groups excluding carboxylic acids is 2. The lowest BCUT2D eigenvalue weighted by Gasteiger charge is -2.16. The fourth-order valence-electron chi connectivity index (χ4n) is 2.04. The summed E-state index contributed by atoms with van der Waals surface area (Å²) in [6.07, 6.45) is 5.36. The molecule has 0 aromatic carbocycles. The van der Waals surface area contributed by atoms with Gasteiger partial charge in [0, 0.05) is 30.7 Å². The van der Waals surface area contributed by atoms with Crippen LogP contribution in [0.15, 0.2) is 37.1 Å². The number of pyridine rings is 1. The van der Waals surface area contributed by atoms with Crippen LogP contribution in [-0.4, -0.2) is 49.5 Å².